The van der Waals surface area contributed by atoms with Crippen molar-refractivity contribution in [3.63, 3.8) is 0 Å². The zero-order chi connectivity index (χ0) is 18.2. The molecule has 128 valence electrons. The Kier molecular flexibility index (Phi) is 3.97. The quantitative estimate of drug-likeness (QED) is 0.487. The van der Waals surface area contributed by atoms with Gasteiger partial charge in [0.1, 0.15) is 5.75 Å². The van der Waals surface area contributed by atoms with E-state index in [2.05, 4.69) is 5.32 Å². The molecule has 2 aromatic carbocycles. The zero-order valence-electron chi connectivity index (χ0n) is 13.2. The van der Waals surface area contributed by atoms with Crippen LogP contribution in [0.1, 0.15) is 22.3 Å². The van der Waals surface area contributed by atoms with Crippen LogP contribution in [-0.2, 0) is 10.4 Å². The molecule has 1 unspecified atom stereocenters. The number of nitrogens with zero attached hydrogens (tertiary/aromatic N) is 1. The van der Waals surface area contributed by atoms with E-state index in [1.807, 2.05) is 0 Å². The molecule has 1 aliphatic heterocycles. The maximum Gasteiger partial charge on any atom is 0.270 e. The molecular formula is C17H14N2O6. The molecule has 0 spiro atoms. The average molecular weight is 342 g/mol. The highest BCUT2D eigenvalue weighted by molar-refractivity contribution is 6.09. The fraction of sp³-hybridized carbons (Fsp3) is 0.176. The summed E-state index contributed by atoms with van der Waals surface area (Å²) in [5.74, 6) is -0.886. The third kappa shape index (κ3) is 2.83. The molecule has 8 heteroatoms. The number of carbonyl (C=O) groups is 2. The number of ketones is 1. The van der Waals surface area contributed by atoms with Gasteiger partial charge in [-0.15, -0.1) is 0 Å². The van der Waals surface area contributed by atoms with Crippen molar-refractivity contribution in [2.24, 2.45) is 0 Å². The van der Waals surface area contributed by atoms with E-state index >= 15 is 0 Å². The summed E-state index contributed by atoms with van der Waals surface area (Å²) >= 11 is 0. The summed E-state index contributed by atoms with van der Waals surface area (Å²) < 4.78 is 5.09. The van der Waals surface area contributed by atoms with Gasteiger partial charge in [0.2, 0.25) is 0 Å². The summed E-state index contributed by atoms with van der Waals surface area (Å²) in [5, 5.41) is 24.2. The number of fused-ring (bicyclic) bond motifs is 1. The van der Waals surface area contributed by atoms with Crippen LogP contribution in [0.3, 0.4) is 0 Å². The number of rotatable bonds is 5. The predicted molar refractivity (Wildman–Crippen MR) is 87.6 cm³/mol. The molecule has 25 heavy (non-hydrogen) atoms. The summed E-state index contributed by atoms with van der Waals surface area (Å²) in [6.07, 6.45) is -0.541. The van der Waals surface area contributed by atoms with Gasteiger partial charge in [0.15, 0.2) is 11.4 Å². The van der Waals surface area contributed by atoms with Crippen molar-refractivity contribution in [1.29, 1.82) is 0 Å². The van der Waals surface area contributed by atoms with Crippen LogP contribution in [0.25, 0.3) is 0 Å². The number of carbonyl (C=O) groups excluding carboxylic acids is 2. The van der Waals surface area contributed by atoms with Gasteiger partial charge in [-0.2, -0.15) is 0 Å². The van der Waals surface area contributed by atoms with Crippen LogP contribution in [0.2, 0.25) is 0 Å². The summed E-state index contributed by atoms with van der Waals surface area (Å²) in [6, 6.07) is 9.82. The van der Waals surface area contributed by atoms with Gasteiger partial charge >= 0.3 is 0 Å². The summed E-state index contributed by atoms with van der Waals surface area (Å²) in [7, 11) is 1.44. The number of nitro groups is 1. The van der Waals surface area contributed by atoms with Gasteiger partial charge in [0, 0.05) is 28.9 Å². The first-order chi connectivity index (χ1) is 11.8. The van der Waals surface area contributed by atoms with Crippen molar-refractivity contribution in [1.82, 2.24) is 0 Å². The third-order valence-corrected chi connectivity index (χ3v) is 4.09. The van der Waals surface area contributed by atoms with E-state index in [9.17, 15) is 24.8 Å². The zero-order valence-corrected chi connectivity index (χ0v) is 13.2. The number of non-ortho nitro benzene ring substituents is 1. The smallest absolute Gasteiger partial charge is 0.270 e. The Morgan fingerprint density at radius 2 is 2.08 bits per heavy atom. The van der Waals surface area contributed by atoms with Crippen molar-refractivity contribution >= 4 is 23.1 Å². The van der Waals surface area contributed by atoms with Crippen LogP contribution in [0.4, 0.5) is 11.4 Å². The molecular weight excluding hydrogens is 328 g/mol. The van der Waals surface area contributed by atoms with Crippen LogP contribution < -0.4 is 10.1 Å². The van der Waals surface area contributed by atoms with Crippen LogP contribution in [0.5, 0.6) is 5.75 Å². The van der Waals surface area contributed by atoms with Crippen molar-refractivity contribution in [3.8, 4) is 5.75 Å². The molecule has 0 aliphatic carbocycles. The normalized spacial score (nSPS) is 18.4. The highest BCUT2D eigenvalue weighted by atomic mass is 16.6. The Morgan fingerprint density at radius 1 is 1.32 bits per heavy atom. The van der Waals surface area contributed by atoms with Crippen molar-refractivity contribution in [3.05, 3.63) is 63.7 Å². The Labute approximate surface area is 142 Å². The molecule has 0 saturated carbocycles. The lowest BCUT2D eigenvalue weighted by atomic mass is 9.88. The largest absolute Gasteiger partial charge is 0.497 e. The molecule has 2 N–H and O–H groups in total. The number of nitro benzene ring substituents is 1. The van der Waals surface area contributed by atoms with Crippen LogP contribution in [-0.4, -0.2) is 28.8 Å². The number of hydrogen-bond acceptors (Lipinski definition) is 6. The Morgan fingerprint density at radius 3 is 2.76 bits per heavy atom. The van der Waals surface area contributed by atoms with Gasteiger partial charge in [-0.25, -0.2) is 0 Å². The maximum absolute atomic E-state index is 12.5. The molecule has 8 nitrogen and oxygen atoms in total. The van der Waals surface area contributed by atoms with Crippen molar-refractivity contribution < 1.29 is 24.4 Å². The minimum absolute atomic E-state index is 0.0479. The molecule has 0 aromatic heterocycles. The van der Waals surface area contributed by atoms with E-state index in [1.54, 1.807) is 12.1 Å². The fourth-order valence-corrected chi connectivity index (χ4v) is 2.75. The van der Waals surface area contributed by atoms with E-state index in [4.69, 9.17) is 4.74 Å². The molecule has 0 bridgehead atoms. The number of amides is 1. The number of nitrogens with one attached hydrogen (secondary N) is 1. The second kappa shape index (κ2) is 5.99. The van der Waals surface area contributed by atoms with E-state index in [1.165, 1.54) is 31.4 Å². The number of methoxy groups -OCH3 is 1. The molecule has 0 saturated heterocycles. The standard InChI is InChI=1S/C17H14N2O6/c1-25-12-5-6-14-13(8-12)17(22,16(21)18-14)9-15(20)10-3-2-4-11(7-10)19(23)24/h2-8,22H,9H2,1H3,(H,18,21). The Hall–Kier alpha value is -3.26. The molecule has 0 radical (unpaired) electrons. The maximum atomic E-state index is 12.5. The monoisotopic (exact) mass is 342 g/mol. The Balaban J connectivity index is 1.95. The van der Waals surface area contributed by atoms with E-state index < -0.39 is 28.6 Å². The second-order valence-corrected chi connectivity index (χ2v) is 5.63. The van der Waals surface area contributed by atoms with Gasteiger partial charge in [-0.1, -0.05) is 12.1 Å². The first-order valence-corrected chi connectivity index (χ1v) is 7.35. The lowest BCUT2D eigenvalue weighted by Crippen LogP contribution is -2.36. The molecule has 1 aliphatic rings. The number of ether oxygens (including phenoxy) is 1. The van der Waals surface area contributed by atoms with E-state index in [0.29, 0.717) is 11.4 Å². The van der Waals surface area contributed by atoms with Crippen molar-refractivity contribution in [2.45, 2.75) is 12.0 Å². The fourth-order valence-electron chi connectivity index (χ4n) is 2.75. The highest BCUT2D eigenvalue weighted by Gasteiger charge is 2.47. The van der Waals surface area contributed by atoms with Gasteiger partial charge in [0.25, 0.3) is 11.6 Å². The second-order valence-electron chi connectivity index (χ2n) is 5.63. The lowest BCUT2D eigenvalue weighted by molar-refractivity contribution is -0.384. The lowest BCUT2D eigenvalue weighted by Gasteiger charge is -2.20. The molecule has 1 atom stereocenters. The number of anilines is 1. The minimum Gasteiger partial charge on any atom is -0.497 e. The summed E-state index contributed by atoms with van der Waals surface area (Å²) in [6.45, 7) is 0. The van der Waals surface area contributed by atoms with Gasteiger partial charge < -0.3 is 15.2 Å². The summed E-state index contributed by atoms with van der Waals surface area (Å²) in [4.78, 5) is 34.9. The minimum atomic E-state index is -2.06. The van der Waals surface area contributed by atoms with Crippen LogP contribution >= 0.6 is 0 Å². The molecule has 1 amide bonds. The molecule has 3 rings (SSSR count). The van der Waals surface area contributed by atoms with Crippen LogP contribution in [0, 0.1) is 10.1 Å². The van der Waals surface area contributed by atoms with Crippen molar-refractivity contribution in [2.75, 3.05) is 12.4 Å². The molecule has 1 heterocycles. The number of benzene rings is 2. The van der Waals surface area contributed by atoms with Gasteiger partial charge in [-0.05, 0) is 18.2 Å². The van der Waals surface area contributed by atoms with Gasteiger partial charge in [0.05, 0.1) is 18.5 Å². The number of Topliss-reactive ketones (excluding diaryl/α,β-unsaturated/α-hetero) is 1. The van der Waals surface area contributed by atoms with E-state index in [0.717, 1.165) is 6.07 Å². The molecule has 2 aromatic rings. The number of hydrogen-bond donors (Lipinski definition) is 2. The number of aliphatic hydroxyl groups is 1. The first kappa shape index (κ1) is 16.6. The third-order valence-electron chi connectivity index (χ3n) is 4.09. The summed E-state index contributed by atoms with van der Waals surface area (Å²) in [5.41, 5.74) is -1.63. The SMILES string of the molecule is COc1ccc2c(c1)C(O)(CC(=O)c1cccc([N+](=O)[O-])c1)C(=O)N2. The first-order valence-electron chi connectivity index (χ1n) is 7.35. The topological polar surface area (TPSA) is 119 Å². The predicted octanol–water partition coefficient (Wildman–Crippen LogP) is 2.02. The van der Waals surface area contributed by atoms with Gasteiger partial charge in [-0.3, -0.25) is 19.7 Å². The average Bonchev–Trinajstić information content (AvgIpc) is 2.85. The highest BCUT2D eigenvalue weighted by Crippen LogP contribution is 2.41. The van der Waals surface area contributed by atoms with E-state index in [-0.39, 0.29) is 16.8 Å². The van der Waals surface area contributed by atoms with Crippen LogP contribution in [0.15, 0.2) is 42.5 Å². The Bertz CT molecular complexity index is 894. The molecule has 0 fully saturated rings.